The lowest BCUT2D eigenvalue weighted by molar-refractivity contribution is -0.394. The second-order valence-electron chi connectivity index (χ2n) is 2.97. The van der Waals surface area contributed by atoms with Crippen LogP contribution >= 0.6 is 8.03 Å². The first-order chi connectivity index (χ1) is 7.95. The van der Waals surface area contributed by atoms with Crippen LogP contribution in [-0.2, 0) is 9.09 Å². The van der Waals surface area contributed by atoms with Crippen molar-refractivity contribution >= 4 is 24.7 Å². The van der Waals surface area contributed by atoms with E-state index in [9.17, 15) is 24.8 Å². The predicted molar refractivity (Wildman–Crippen MR) is 60.0 cm³/mol. The number of non-ortho nitro benzene ring substituents is 2. The molecule has 0 amide bonds. The Bertz CT molecular complexity index is 457. The molecule has 17 heavy (non-hydrogen) atoms. The summed E-state index contributed by atoms with van der Waals surface area (Å²) >= 11 is 0. The fraction of sp³-hybridized carbons (Fsp3) is 0.250. The Balaban J connectivity index is 3.26. The van der Waals surface area contributed by atoms with Gasteiger partial charge in [-0.15, -0.1) is 0 Å². The first-order valence-corrected chi connectivity index (χ1v) is 5.88. The van der Waals surface area contributed by atoms with E-state index in [1.54, 1.807) is 6.92 Å². The Kier molecular flexibility index (Phi) is 4.30. The standard InChI is InChI=1S/C8H9N2O6P/c1-2-16-17(15)8-4-6(9(11)12)3-7(5-8)10(13)14/h3-5,17H,2H2,1H3. The predicted octanol–water partition coefficient (Wildman–Crippen LogP) is 1.64. The summed E-state index contributed by atoms with van der Waals surface area (Å²) in [6, 6.07) is 2.85. The van der Waals surface area contributed by atoms with Gasteiger partial charge in [-0.25, -0.2) is 0 Å². The Hall–Kier alpha value is -1.79. The minimum absolute atomic E-state index is 0.0299. The quantitative estimate of drug-likeness (QED) is 0.451. The summed E-state index contributed by atoms with van der Waals surface area (Å²) in [5.74, 6) is 0. The van der Waals surface area contributed by atoms with E-state index < -0.39 is 29.2 Å². The molecule has 0 aromatic heterocycles. The highest BCUT2D eigenvalue weighted by Crippen LogP contribution is 2.27. The van der Waals surface area contributed by atoms with Crippen LogP contribution in [0.1, 0.15) is 6.92 Å². The normalized spacial score (nSPS) is 12.1. The summed E-state index contributed by atoms with van der Waals surface area (Å²) in [5.41, 5.74) is -0.959. The van der Waals surface area contributed by atoms with Crippen LogP contribution in [0, 0.1) is 20.2 Å². The molecule has 0 heterocycles. The molecule has 0 radical (unpaired) electrons. The van der Waals surface area contributed by atoms with E-state index in [1.165, 1.54) is 0 Å². The van der Waals surface area contributed by atoms with E-state index in [0.717, 1.165) is 18.2 Å². The van der Waals surface area contributed by atoms with Crippen molar-refractivity contribution < 1.29 is 18.9 Å². The number of rotatable bonds is 5. The molecule has 1 aromatic rings. The van der Waals surface area contributed by atoms with E-state index in [1.807, 2.05) is 0 Å². The minimum atomic E-state index is -2.69. The first-order valence-electron chi connectivity index (χ1n) is 4.56. The lowest BCUT2D eigenvalue weighted by Crippen LogP contribution is -2.03. The summed E-state index contributed by atoms with van der Waals surface area (Å²) in [4.78, 5) is 19.6. The highest BCUT2D eigenvalue weighted by molar-refractivity contribution is 7.48. The molecule has 0 aliphatic carbocycles. The Morgan fingerprint density at radius 1 is 1.18 bits per heavy atom. The van der Waals surface area contributed by atoms with Crippen LogP contribution < -0.4 is 5.30 Å². The molecule has 1 aromatic carbocycles. The van der Waals surface area contributed by atoms with Gasteiger partial charge in [0.15, 0.2) is 0 Å². The second kappa shape index (κ2) is 5.51. The molecule has 8 nitrogen and oxygen atoms in total. The van der Waals surface area contributed by atoms with Crippen LogP contribution in [0.2, 0.25) is 0 Å². The van der Waals surface area contributed by atoms with Crippen LogP contribution in [0.3, 0.4) is 0 Å². The smallest absolute Gasteiger partial charge is 0.277 e. The van der Waals surface area contributed by atoms with Crippen LogP contribution in [-0.4, -0.2) is 16.5 Å². The molecule has 92 valence electrons. The van der Waals surface area contributed by atoms with Crippen LogP contribution in [0.25, 0.3) is 0 Å². The zero-order valence-electron chi connectivity index (χ0n) is 8.78. The lowest BCUT2D eigenvalue weighted by atomic mass is 10.3. The summed E-state index contributed by atoms with van der Waals surface area (Å²) in [6.45, 7) is 1.77. The molecular formula is C8H9N2O6P. The number of benzene rings is 1. The molecule has 0 aliphatic rings. The van der Waals surface area contributed by atoms with Crippen molar-refractivity contribution in [2.75, 3.05) is 6.61 Å². The highest BCUT2D eigenvalue weighted by atomic mass is 31.1. The number of nitro benzene ring substituents is 2. The molecule has 0 saturated heterocycles. The fourth-order valence-electron chi connectivity index (χ4n) is 1.14. The Labute approximate surface area is 96.4 Å². The zero-order valence-corrected chi connectivity index (χ0v) is 9.78. The summed E-state index contributed by atoms with van der Waals surface area (Å²) in [5, 5.41) is 21.1. The van der Waals surface area contributed by atoms with Crippen molar-refractivity contribution in [1.82, 2.24) is 0 Å². The number of nitrogens with zero attached hydrogens (tertiary/aromatic N) is 2. The SMILES string of the molecule is CCO[PH](=O)c1cc([N+](=O)[O-])cc([N+](=O)[O-])c1. The number of hydrogen-bond acceptors (Lipinski definition) is 6. The van der Waals surface area contributed by atoms with E-state index in [-0.39, 0.29) is 11.9 Å². The van der Waals surface area contributed by atoms with Crippen LogP contribution in [0.4, 0.5) is 11.4 Å². The summed E-state index contributed by atoms with van der Waals surface area (Å²) in [7, 11) is -2.69. The van der Waals surface area contributed by atoms with Crippen molar-refractivity contribution in [2.45, 2.75) is 6.92 Å². The fourth-order valence-corrected chi connectivity index (χ4v) is 2.10. The van der Waals surface area contributed by atoms with Gasteiger partial charge in [0.25, 0.3) is 11.4 Å². The molecule has 0 saturated carbocycles. The number of hydrogen-bond donors (Lipinski definition) is 0. The van der Waals surface area contributed by atoms with E-state index in [2.05, 4.69) is 0 Å². The van der Waals surface area contributed by atoms with Gasteiger partial charge in [0.05, 0.1) is 22.5 Å². The second-order valence-corrected chi connectivity index (χ2v) is 4.41. The van der Waals surface area contributed by atoms with Gasteiger partial charge in [-0.1, -0.05) is 0 Å². The van der Waals surface area contributed by atoms with Crippen LogP contribution in [0.15, 0.2) is 18.2 Å². The average Bonchev–Trinajstić information content (AvgIpc) is 2.28. The summed E-state index contributed by atoms with van der Waals surface area (Å²) < 4.78 is 16.3. The molecule has 0 spiro atoms. The molecule has 9 heteroatoms. The molecule has 0 bridgehead atoms. The maximum atomic E-state index is 11.5. The summed E-state index contributed by atoms with van der Waals surface area (Å²) in [6.07, 6.45) is 0. The monoisotopic (exact) mass is 260 g/mol. The van der Waals surface area contributed by atoms with Gasteiger partial charge in [-0.3, -0.25) is 24.8 Å². The van der Waals surface area contributed by atoms with Crippen molar-refractivity contribution in [3.8, 4) is 0 Å². The van der Waals surface area contributed by atoms with Crippen molar-refractivity contribution in [1.29, 1.82) is 0 Å². The van der Waals surface area contributed by atoms with Crippen molar-refractivity contribution in [2.24, 2.45) is 0 Å². The van der Waals surface area contributed by atoms with E-state index >= 15 is 0 Å². The highest BCUT2D eigenvalue weighted by Gasteiger charge is 2.18. The van der Waals surface area contributed by atoms with Gasteiger partial charge in [0.1, 0.15) is 0 Å². The molecule has 1 unspecified atom stereocenters. The molecule has 1 atom stereocenters. The molecule has 1 rings (SSSR count). The van der Waals surface area contributed by atoms with Crippen molar-refractivity contribution in [3.63, 3.8) is 0 Å². The molecule has 0 fully saturated rings. The maximum Gasteiger partial charge on any atom is 0.277 e. The average molecular weight is 260 g/mol. The maximum absolute atomic E-state index is 11.5. The molecule has 0 N–H and O–H groups in total. The minimum Gasteiger partial charge on any atom is -0.328 e. The van der Waals surface area contributed by atoms with E-state index in [4.69, 9.17) is 4.52 Å². The largest absolute Gasteiger partial charge is 0.328 e. The molecular weight excluding hydrogens is 251 g/mol. The van der Waals surface area contributed by atoms with Crippen LogP contribution in [0.5, 0.6) is 0 Å². The molecule has 0 aliphatic heterocycles. The third kappa shape index (κ3) is 3.33. The zero-order chi connectivity index (χ0) is 13.0. The van der Waals surface area contributed by atoms with Gasteiger partial charge in [0.2, 0.25) is 8.03 Å². The topological polar surface area (TPSA) is 113 Å². The van der Waals surface area contributed by atoms with Gasteiger partial charge in [-0.2, -0.15) is 0 Å². The third-order valence-corrected chi connectivity index (χ3v) is 3.15. The van der Waals surface area contributed by atoms with Crippen molar-refractivity contribution in [3.05, 3.63) is 38.4 Å². The Morgan fingerprint density at radius 2 is 1.65 bits per heavy atom. The third-order valence-electron chi connectivity index (χ3n) is 1.84. The van der Waals surface area contributed by atoms with Gasteiger partial charge in [0, 0.05) is 17.4 Å². The number of nitro groups is 2. The van der Waals surface area contributed by atoms with E-state index in [0.29, 0.717) is 0 Å². The van der Waals surface area contributed by atoms with Gasteiger partial charge >= 0.3 is 0 Å². The van der Waals surface area contributed by atoms with Gasteiger partial charge < -0.3 is 4.52 Å². The Morgan fingerprint density at radius 3 is 2.00 bits per heavy atom. The first kappa shape index (κ1) is 13.3. The van der Waals surface area contributed by atoms with Gasteiger partial charge in [-0.05, 0) is 6.92 Å². The lowest BCUT2D eigenvalue weighted by Gasteiger charge is -2.02.